The van der Waals surface area contributed by atoms with Gasteiger partial charge in [-0.15, -0.1) is 6.42 Å². The van der Waals surface area contributed by atoms with Crippen LogP contribution in [0.2, 0.25) is 0 Å². The number of aryl methyl sites for hydroxylation is 2. The smallest absolute Gasteiger partial charge is 0.190 e. The van der Waals surface area contributed by atoms with Crippen LogP contribution >= 0.6 is 0 Å². The Labute approximate surface area is 84.9 Å². The van der Waals surface area contributed by atoms with Gasteiger partial charge in [0.15, 0.2) is 9.84 Å². The van der Waals surface area contributed by atoms with Crippen LogP contribution in [0.15, 0.2) is 23.1 Å². The van der Waals surface area contributed by atoms with Gasteiger partial charge in [0, 0.05) is 0 Å². The van der Waals surface area contributed by atoms with Crippen LogP contribution in [-0.4, -0.2) is 14.2 Å². The van der Waals surface area contributed by atoms with Crippen LogP contribution < -0.4 is 0 Å². The summed E-state index contributed by atoms with van der Waals surface area (Å²) in [7, 11) is -3.31. The topological polar surface area (TPSA) is 34.1 Å². The number of hydrogen-bond acceptors (Lipinski definition) is 2. The van der Waals surface area contributed by atoms with Crippen molar-refractivity contribution in [3.8, 4) is 12.3 Å². The van der Waals surface area contributed by atoms with Crippen molar-refractivity contribution in [2.75, 3.05) is 5.75 Å². The molecular formula is C11H12O2S. The van der Waals surface area contributed by atoms with Gasteiger partial charge in [0.05, 0.1) is 4.90 Å². The molecule has 0 saturated carbocycles. The third-order valence-electron chi connectivity index (χ3n) is 1.99. The van der Waals surface area contributed by atoms with Gasteiger partial charge in [-0.25, -0.2) is 8.42 Å². The van der Waals surface area contributed by atoms with Gasteiger partial charge in [-0.2, -0.15) is 0 Å². The van der Waals surface area contributed by atoms with E-state index >= 15 is 0 Å². The van der Waals surface area contributed by atoms with Crippen molar-refractivity contribution >= 4 is 9.84 Å². The summed E-state index contributed by atoms with van der Waals surface area (Å²) >= 11 is 0. The monoisotopic (exact) mass is 208 g/mol. The molecule has 0 N–H and O–H groups in total. The van der Waals surface area contributed by atoms with Crippen molar-refractivity contribution in [2.24, 2.45) is 0 Å². The van der Waals surface area contributed by atoms with Gasteiger partial charge in [0.1, 0.15) is 5.75 Å². The zero-order chi connectivity index (χ0) is 10.8. The number of benzene rings is 1. The Morgan fingerprint density at radius 2 is 1.79 bits per heavy atom. The number of terminal acetylenes is 1. The lowest BCUT2D eigenvalue weighted by molar-refractivity contribution is 0.598. The molecule has 0 amide bonds. The van der Waals surface area contributed by atoms with Gasteiger partial charge in [0.25, 0.3) is 0 Å². The van der Waals surface area contributed by atoms with Crippen LogP contribution in [0, 0.1) is 26.2 Å². The fourth-order valence-corrected chi connectivity index (χ4v) is 2.95. The van der Waals surface area contributed by atoms with Crippen molar-refractivity contribution in [1.82, 2.24) is 0 Å². The molecule has 0 fully saturated rings. The summed E-state index contributed by atoms with van der Waals surface area (Å²) in [5.41, 5.74) is 1.50. The molecule has 14 heavy (non-hydrogen) atoms. The van der Waals surface area contributed by atoms with E-state index in [0.29, 0.717) is 4.90 Å². The first-order valence-corrected chi connectivity index (χ1v) is 5.86. The zero-order valence-electron chi connectivity index (χ0n) is 8.24. The molecule has 0 aromatic heterocycles. The summed E-state index contributed by atoms with van der Waals surface area (Å²) in [6.07, 6.45) is 5.02. The first-order valence-electron chi connectivity index (χ1n) is 4.21. The first-order chi connectivity index (χ1) is 6.49. The minimum absolute atomic E-state index is 0.237. The van der Waals surface area contributed by atoms with Crippen molar-refractivity contribution in [2.45, 2.75) is 18.7 Å². The average molecular weight is 208 g/mol. The molecule has 0 radical (unpaired) electrons. The molecule has 1 aromatic carbocycles. The minimum atomic E-state index is -3.31. The van der Waals surface area contributed by atoms with E-state index in [1.165, 1.54) is 0 Å². The maximum absolute atomic E-state index is 11.7. The Morgan fingerprint density at radius 3 is 2.21 bits per heavy atom. The maximum atomic E-state index is 11.7. The molecule has 0 unspecified atom stereocenters. The van der Waals surface area contributed by atoms with Crippen molar-refractivity contribution in [3.63, 3.8) is 0 Å². The van der Waals surface area contributed by atoms with E-state index in [2.05, 4.69) is 5.92 Å². The Kier molecular flexibility index (Phi) is 2.97. The quantitative estimate of drug-likeness (QED) is 0.693. The molecule has 0 saturated heterocycles. The lowest BCUT2D eigenvalue weighted by Crippen LogP contribution is -2.08. The molecule has 74 valence electrons. The molecule has 0 bridgehead atoms. The van der Waals surface area contributed by atoms with Crippen LogP contribution in [0.3, 0.4) is 0 Å². The van der Waals surface area contributed by atoms with Crippen molar-refractivity contribution in [1.29, 1.82) is 0 Å². The standard InChI is InChI=1S/C11H12O2S/c1-4-8-14(12,13)11-9(2)6-5-7-10(11)3/h1,5-7H,8H2,2-3H3. The van der Waals surface area contributed by atoms with E-state index in [4.69, 9.17) is 6.42 Å². The Bertz CT molecular complexity index is 458. The fourth-order valence-electron chi connectivity index (χ4n) is 1.47. The summed E-state index contributed by atoms with van der Waals surface area (Å²) in [4.78, 5) is 0.373. The van der Waals surface area contributed by atoms with Crippen LogP contribution in [-0.2, 0) is 9.84 Å². The SMILES string of the molecule is C#CCS(=O)(=O)c1c(C)cccc1C. The van der Waals surface area contributed by atoms with Crippen LogP contribution in [0.5, 0.6) is 0 Å². The van der Waals surface area contributed by atoms with Gasteiger partial charge < -0.3 is 0 Å². The summed E-state index contributed by atoms with van der Waals surface area (Å²) in [5, 5.41) is 0. The minimum Gasteiger partial charge on any atom is -0.223 e. The van der Waals surface area contributed by atoms with E-state index < -0.39 is 9.84 Å². The van der Waals surface area contributed by atoms with Gasteiger partial charge in [-0.05, 0) is 25.0 Å². The van der Waals surface area contributed by atoms with Crippen molar-refractivity contribution in [3.05, 3.63) is 29.3 Å². The molecule has 2 nitrogen and oxygen atoms in total. The largest absolute Gasteiger partial charge is 0.223 e. The van der Waals surface area contributed by atoms with Crippen molar-refractivity contribution < 1.29 is 8.42 Å². The molecule has 0 spiro atoms. The van der Waals surface area contributed by atoms with E-state index in [1.54, 1.807) is 26.0 Å². The van der Waals surface area contributed by atoms with Gasteiger partial charge >= 0.3 is 0 Å². The molecule has 0 heterocycles. The van der Waals surface area contributed by atoms with Crippen LogP contribution in [0.4, 0.5) is 0 Å². The second-order valence-corrected chi connectivity index (χ2v) is 5.11. The second kappa shape index (κ2) is 3.85. The Hall–Kier alpha value is -1.27. The van der Waals surface area contributed by atoms with E-state index in [-0.39, 0.29) is 5.75 Å². The van der Waals surface area contributed by atoms with Gasteiger partial charge in [-0.3, -0.25) is 0 Å². The summed E-state index contributed by atoms with van der Waals surface area (Å²) in [5.74, 6) is 1.94. The zero-order valence-corrected chi connectivity index (χ0v) is 9.06. The molecule has 1 aromatic rings. The van der Waals surface area contributed by atoms with Crippen LogP contribution in [0.25, 0.3) is 0 Å². The maximum Gasteiger partial charge on any atom is 0.190 e. The van der Waals surface area contributed by atoms with E-state index in [1.807, 2.05) is 6.07 Å². The predicted molar refractivity (Wildman–Crippen MR) is 56.8 cm³/mol. The number of sulfone groups is 1. The molecule has 3 heteroatoms. The summed E-state index contributed by atoms with van der Waals surface area (Å²) in [6, 6.07) is 5.38. The third kappa shape index (κ3) is 1.97. The lowest BCUT2D eigenvalue weighted by atomic mass is 10.2. The molecule has 0 aliphatic heterocycles. The molecular weight excluding hydrogens is 196 g/mol. The van der Waals surface area contributed by atoms with E-state index in [0.717, 1.165) is 11.1 Å². The third-order valence-corrected chi connectivity index (χ3v) is 3.81. The van der Waals surface area contributed by atoms with Gasteiger partial charge in [0.2, 0.25) is 0 Å². The first kappa shape index (κ1) is 10.8. The normalized spacial score (nSPS) is 10.9. The lowest BCUT2D eigenvalue weighted by Gasteiger charge is -2.07. The molecule has 0 aliphatic rings. The second-order valence-electron chi connectivity index (χ2n) is 3.18. The molecule has 0 atom stereocenters. The summed E-state index contributed by atoms with van der Waals surface area (Å²) in [6.45, 7) is 3.55. The number of rotatable bonds is 2. The predicted octanol–water partition coefficient (Wildman–Crippen LogP) is 1.71. The molecule has 1 rings (SSSR count). The number of hydrogen-bond donors (Lipinski definition) is 0. The van der Waals surface area contributed by atoms with Crippen LogP contribution in [0.1, 0.15) is 11.1 Å². The highest BCUT2D eigenvalue weighted by Crippen LogP contribution is 2.20. The van der Waals surface area contributed by atoms with E-state index in [9.17, 15) is 8.42 Å². The average Bonchev–Trinajstić information content (AvgIpc) is 2.02. The highest BCUT2D eigenvalue weighted by atomic mass is 32.2. The fraction of sp³-hybridized carbons (Fsp3) is 0.273. The summed E-state index contributed by atoms with van der Waals surface area (Å²) < 4.78 is 23.5. The molecule has 0 aliphatic carbocycles. The Morgan fingerprint density at radius 1 is 1.29 bits per heavy atom. The highest BCUT2D eigenvalue weighted by molar-refractivity contribution is 7.91. The highest BCUT2D eigenvalue weighted by Gasteiger charge is 2.17. The van der Waals surface area contributed by atoms with Gasteiger partial charge in [-0.1, -0.05) is 24.1 Å². The Balaban J connectivity index is 3.41.